The minimum Gasteiger partial charge on any atom is -0.494 e. The highest BCUT2D eigenvalue weighted by atomic mass is 35.5. The predicted molar refractivity (Wildman–Crippen MR) is 74.5 cm³/mol. The quantitative estimate of drug-likeness (QED) is 0.897. The number of piperidine rings is 1. The molecule has 0 radical (unpaired) electrons. The van der Waals surface area contributed by atoms with Crippen LogP contribution in [0.4, 0.5) is 10.1 Å². The van der Waals surface area contributed by atoms with E-state index in [4.69, 9.17) is 4.74 Å². The Kier molecular flexibility index (Phi) is 6.05. The van der Waals surface area contributed by atoms with Gasteiger partial charge in [0.25, 0.3) is 0 Å². The molecule has 1 heterocycles. The van der Waals surface area contributed by atoms with Crippen LogP contribution in [0.2, 0.25) is 0 Å². The smallest absolute Gasteiger partial charge is 0.241 e. The van der Waals surface area contributed by atoms with Crippen LogP contribution >= 0.6 is 12.4 Å². The van der Waals surface area contributed by atoms with E-state index in [9.17, 15) is 9.18 Å². The van der Waals surface area contributed by atoms with E-state index in [1.54, 1.807) is 6.07 Å². The molecule has 106 valence electrons. The lowest BCUT2D eigenvalue weighted by Crippen LogP contribution is -2.43. The molecule has 0 aliphatic carbocycles. The first kappa shape index (κ1) is 15.7. The van der Waals surface area contributed by atoms with Crippen molar-refractivity contribution in [3.8, 4) is 5.75 Å². The lowest BCUT2D eigenvalue weighted by Gasteiger charge is -2.22. The molecular weight excluding hydrogens is 271 g/mol. The van der Waals surface area contributed by atoms with Gasteiger partial charge in [-0.1, -0.05) is 6.42 Å². The Morgan fingerprint density at radius 3 is 2.84 bits per heavy atom. The summed E-state index contributed by atoms with van der Waals surface area (Å²) < 4.78 is 18.3. The topological polar surface area (TPSA) is 50.4 Å². The van der Waals surface area contributed by atoms with Crippen molar-refractivity contribution in [1.29, 1.82) is 0 Å². The normalized spacial score (nSPS) is 18.3. The molecule has 1 aromatic rings. The second kappa shape index (κ2) is 7.31. The number of ether oxygens (including phenoxy) is 1. The van der Waals surface area contributed by atoms with Crippen molar-refractivity contribution in [2.24, 2.45) is 0 Å². The molecule has 6 heteroatoms. The number of halogens is 2. The molecule has 2 rings (SSSR count). The van der Waals surface area contributed by atoms with Crippen molar-refractivity contribution in [2.45, 2.75) is 25.3 Å². The molecular formula is C13H18ClFN2O2. The van der Waals surface area contributed by atoms with E-state index in [0.29, 0.717) is 5.69 Å². The number of anilines is 1. The molecule has 0 saturated carbocycles. The largest absolute Gasteiger partial charge is 0.494 e. The SMILES string of the molecule is COc1ccc(NC(=O)[C@@H]2CCCCN2)cc1F.Cl. The van der Waals surface area contributed by atoms with E-state index in [1.807, 2.05) is 0 Å². The Bertz CT molecular complexity index is 437. The number of nitrogens with one attached hydrogen (secondary N) is 2. The third-order valence-corrected chi connectivity index (χ3v) is 3.05. The summed E-state index contributed by atoms with van der Waals surface area (Å²) >= 11 is 0. The fourth-order valence-electron chi connectivity index (χ4n) is 2.05. The number of carbonyl (C=O) groups is 1. The predicted octanol–water partition coefficient (Wildman–Crippen LogP) is 2.34. The van der Waals surface area contributed by atoms with Gasteiger partial charge in [0.15, 0.2) is 11.6 Å². The van der Waals surface area contributed by atoms with Crippen LogP contribution in [0, 0.1) is 5.82 Å². The van der Waals surface area contributed by atoms with Crippen LogP contribution < -0.4 is 15.4 Å². The molecule has 1 atom stereocenters. The first-order valence-corrected chi connectivity index (χ1v) is 6.08. The highest BCUT2D eigenvalue weighted by Gasteiger charge is 2.20. The van der Waals surface area contributed by atoms with Crippen LogP contribution in [0.5, 0.6) is 5.75 Å². The second-order valence-electron chi connectivity index (χ2n) is 4.34. The van der Waals surface area contributed by atoms with Crippen LogP contribution in [0.25, 0.3) is 0 Å². The Morgan fingerprint density at radius 1 is 1.47 bits per heavy atom. The van der Waals surface area contributed by atoms with E-state index in [-0.39, 0.29) is 30.1 Å². The maximum Gasteiger partial charge on any atom is 0.241 e. The number of hydrogen-bond acceptors (Lipinski definition) is 3. The molecule has 1 saturated heterocycles. The monoisotopic (exact) mass is 288 g/mol. The van der Waals surface area contributed by atoms with Crippen LogP contribution in [0.3, 0.4) is 0 Å². The summed E-state index contributed by atoms with van der Waals surface area (Å²) in [6.45, 7) is 0.856. The average molecular weight is 289 g/mol. The average Bonchev–Trinajstić information content (AvgIpc) is 2.40. The molecule has 1 aromatic carbocycles. The zero-order valence-corrected chi connectivity index (χ0v) is 11.6. The standard InChI is InChI=1S/C13H17FN2O2.ClH/c1-18-12-6-5-9(8-10(12)14)16-13(17)11-4-2-3-7-15-11;/h5-6,8,11,15H,2-4,7H2,1H3,(H,16,17);1H/t11-;/m0./s1. The van der Waals surface area contributed by atoms with Crippen LogP contribution in [0.1, 0.15) is 19.3 Å². The Morgan fingerprint density at radius 2 is 2.26 bits per heavy atom. The van der Waals surface area contributed by atoms with E-state index >= 15 is 0 Å². The minimum atomic E-state index is -0.480. The van der Waals surface area contributed by atoms with Gasteiger partial charge in [0, 0.05) is 11.8 Å². The maximum absolute atomic E-state index is 13.5. The number of benzene rings is 1. The molecule has 2 N–H and O–H groups in total. The van der Waals surface area contributed by atoms with Gasteiger partial charge in [0.05, 0.1) is 13.2 Å². The molecule has 0 bridgehead atoms. The summed E-state index contributed by atoms with van der Waals surface area (Å²) in [5, 5.41) is 5.85. The number of carbonyl (C=O) groups excluding carboxylic acids is 1. The summed E-state index contributed by atoms with van der Waals surface area (Å²) in [5.41, 5.74) is 0.450. The summed E-state index contributed by atoms with van der Waals surface area (Å²) in [6.07, 6.45) is 2.97. The second-order valence-corrected chi connectivity index (χ2v) is 4.34. The molecule has 19 heavy (non-hydrogen) atoms. The van der Waals surface area contributed by atoms with Crippen molar-refractivity contribution in [2.75, 3.05) is 19.0 Å². The Labute approximate surface area is 118 Å². The number of amides is 1. The maximum atomic E-state index is 13.5. The number of hydrogen-bond donors (Lipinski definition) is 2. The zero-order chi connectivity index (χ0) is 13.0. The third kappa shape index (κ3) is 4.08. The number of methoxy groups -OCH3 is 1. The lowest BCUT2D eigenvalue weighted by molar-refractivity contribution is -0.118. The van der Waals surface area contributed by atoms with Crippen molar-refractivity contribution in [3.05, 3.63) is 24.0 Å². The van der Waals surface area contributed by atoms with Gasteiger partial charge in [-0.25, -0.2) is 4.39 Å². The van der Waals surface area contributed by atoms with Crippen molar-refractivity contribution in [3.63, 3.8) is 0 Å². The molecule has 4 nitrogen and oxygen atoms in total. The minimum absolute atomic E-state index is 0. The first-order valence-electron chi connectivity index (χ1n) is 6.08. The van der Waals surface area contributed by atoms with Crippen molar-refractivity contribution >= 4 is 24.0 Å². The van der Waals surface area contributed by atoms with E-state index in [2.05, 4.69) is 10.6 Å². The highest BCUT2D eigenvalue weighted by molar-refractivity contribution is 5.94. The first-order chi connectivity index (χ1) is 8.70. The van der Waals surface area contributed by atoms with E-state index < -0.39 is 5.82 Å². The molecule has 0 spiro atoms. The summed E-state index contributed by atoms with van der Waals surface area (Å²) in [4.78, 5) is 11.9. The highest BCUT2D eigenvalue weighted by Crippen LogP contribution is 2.21. The van der Waals surface area contributed by atoms with Gasteiger partial charge >= 0.3 is 0 Å². The molecule has 1 aliphatic rings. The van der Waals surface area contributed by atoms with Crippen LogP contribution in [-0.2, 0) is 4.79 Å². The van der Waals surface area contributed by atoms with E-state index in [1.165, 1.54) is 19.2 Å². The molecule has 0 aromatic heterocycles. The molecule has 1 fully saturated rings. The van der Waals surface area contributed by atoms with Crippen molar-refractivity contribution in [1.82, 2.24) is 5.32 Å². The van der Waals surface area contributed by atoms with Gasteiger partial charge < -0.3 is 15.4 Å². The van der Waals surface area contributed by atoms with Crippen LogP contribution in [0.15, 0.2) is 18.2 Å². The van der Waals surface area contributed by atoms with Gasteiger partial charge in [0.2, 0.25) is 5.91 Å². The Balaban J connectivity index is 0.00000180. The van der Waals surface area contributed by atoms with Gasteiger partial charge in [-0.2, -0.15) is 0 Å². The number of rotatable bonds is 3. The summed E-state index contributed by atoms with van der Waals surface area (Å²) in [6, 6.07) is 4.21. The lowest BCUT2D eigenvalue weighted by atomic mass is 10.0. The third-order valence-electron chi connectivity index (χ3n) is 3.05. The zero-order valence-electron chi connectivity index (χ0n) is 10.7. The van der Waals surface area contributed by atoms with Crippen LogP contribution in [-0.4, -0.2) is 25.6 Å². The van der Waals surface area contributed by atoms with Gasteiger partial charge in [-0.3, -0.25) is 4.79 Å². The molecule has 1 aliphatic heterocycles. The van der Waals surface area contributed by atoms with Gasteiger partial charge in [0.1, 0.15) is 0 Å². The molecule has 1 amide bonds. The van der Waals surface area contributed by atoms with Gasteiger partial charge in [-0.05, 0) is 31.5 Å². The van der Waals surface area contributed by atoms with Gasteiger partial charge in [-0.15, -0.1) is 12.4 Å². The fraction of sp³-hybridized carbons (Fsp3) is 0.462. The fourth-order valence-corrected chi connectivity index (χ4v) is 2.05. The van der Waals surface area contributed by atoms with Crippen molar-refractivity contribution < 1.29 is 13.9 Å². The Hall–Kier alpha value is -1.33. The summed E-state index contributed by atoms with van der Waals surface area (Å²) in [5.74, 6) is -0.421. The summed E-state index contributed by atoms with van der Waals surface area (Å²) in [7, 11) is 1.41. The molecule has 0 unspecified atom stereocenters. The van der Waals surface area contributed by atoms with E-state index in [0.717, 1.165) is 25.8 Å².